The number of carboxylic acids is 1. The Labute approximate surface area is 78.1 Å². The Bertz CT molecular complexity index is 174. The molecule has 1 rings (SSSR count). The van der Waals surface area contributed by atoms with Gasteiger partial charge in [0, 0.05) is 0 Å². The van der Waals surface area contributed by atoms with Crippen LogP contribution in [0.1, 0.15) is 32.6 Å². The number of carbonyl (C=O) groups is 1. The van der Waals surface area contributed by atoms with Crippen LogP contribution in [-0.2, 0) is 4.79 Å². The third-order valence-corrected chi connectivity index (χ3v) is 3.17. The summed E-state index contributed by atoms with van der Waals surface area (Å²) in [5, 5.41) is 8.75. The largest absolute Gasteiger partial charge is 0.481 e. The first-order valence-corrected chi connectivity index (χ1v) is 4.94. The van der Waals surface area contributed by atoms with Crippen molar-refractivity contribution >= 4 is 5.97 Å². The lowest BCUT2D eigenvalue weighted by atomic mass is 9.77. The Morgan fingerprint density at radius 3 is 2.38 bits per heavy atom. The fourth-order valence-electron chi connectivity index (χ4n) is 2.06. The average Bonchev–Trinajstić information content (AvgIpc) is 2.17. The lowest BCUT2D eigenvalue weighted by Crippen LogP contribution is -2.25. The van der Waals surface area contributed by atoms with Crippen LogP contribution in [0.5, 0.6) is 0 Å². The highest BCUT2D eigenvalue weighted by Crippen LogP contribution is 2.33. The van der Waals surface area contributed by atoms with E-state index in [9.17, 15) is 9.18 Å². The van der Waals surface area contributed by atoms with E-state index in [0.29, 0.717) is 5.92 Å². The zero-order valence-electron chi connectivity index (χ0n) is 8.00. The summed E-state index contributed by atoms with van der Waals surface area (Å²) in [5.41, 5.74) is 0. The second-order valence-corrected chi connectivity index (χ2v) is 4.08. The Kier molecular flexibility index (Phi) is 3.70. The van der Waals surface area contributed by atoms with Crippen molar-refractivity contribution in [2.24, 2.45) is 17.8 Å². The molecule has 2 nitrogen and oxygen atoms in total. The second-order valence-electron chi connectivity index (χ2n) is 4.08. The lowest BCUT2D eigenvalue weighted by molar-refractivity contribution is -0.143. The highest BCUT2D eigenvalue weighted by atomic mass is 19.1. The maximum atomic E-state index is 12.3. The topological polar surface area (TPSA) is 37.3 Å². The van der Waals surface area contributed by atoms with Crippen LogP contribution in [0.2, 0.25) is 0 Å². The van der Waals surface area contributed by atoms with Gasteiger partial charge in [0.2, 0.25) is 0 Å². The molecule has 13 heavy (non-hydrogen) atoms. The highest BCUT2D eigenvalue weighted by molar-refractivity contribution is 5.69. The molecule has 0 aromatic rings. The van der Waals surface area contributed by atoms with Gasteiger partial charge in [-0.25, -0.2) is 0 Å². The second kappa shape index (κ2) is 4.58. The molecule has 3 heteroatoms. The maximum absolute atomic E-state index is 12.3. The molecule has 0 aromatic carbocycles. The van der Waals surface area contributed by atoms with E-state index in [4.69, 9.17) is 5.11 Å². The molecule has 0 heterocycles. The molecule has 0 aromatic heterocycles. The van der Waals surface area contributed by atoms with Gasteiger partial charge in [-0.2, -0.15) is 0 Å². The Morgan fingerprint density at radius 1 is 1.46 bits per heavy atom. The van der Waals surface area contributed by atoms with E-state index in [0.717, 1.165) is 25.7 Å². The van der Waals surface area contributed by atoms with Gasteiger partial charge in [-0.15, -0.1) is 0 Å². The molecular weight excluding hydrogens is 171 g/mol. The van der Waals surface area contributed by atoms with E-state index in [1.807, 2.05) is 6.92 Å². The van der Waals surface area contributed by atoms with Gasteiger partial charge in [0.15, 0.2) is 0 Å². The predicted octanol–water partition coefficient (Wildman–Crippen LogP) is 2.48. The molecule has 1 unspecified atom stereocenters. The SMILES string of the molecule is CC(CF)C1CCC(C(=O)O)CC1. The Hall–Kier alpha value is -0.600. The van der Waals surface area contributed by atoms with Crippen LogP contribution in [0.25, 0.3) is 0 Å². The molecule has 1 fully saturated rings. The van der Waals surface area contributed by atoms with Crippen molar-refractivity contribution in [3.63, 3.8) is 0 Å². The predicted molar refractivity (Wildman–Crippen MR) is 48.2 cm³/mol. The summed E-state index contributed by atoms with van der Waals surface area (Å²) < 4.78 is 12.3. The lowest BCUT2D eigenvalue weighted by Gasteiger charge is -2.29. The smallest absolute Gasteiger partial charge is 0.306 e. The molecule has 0 saturated heterocycles. The van der Waals surface area contributed by atoms with Gasteiger partial charge in [0.25, 0.3) is 0 Å². The third kappa shape index (κ3) is 2.68. The number of alkyl halides is 1. The van der Waals surface area contributed by atoms with Crippen molar-refractivity contribution < 1.29 is 14.3 Å². The highest BCUT2D eigenvalue weighted by Gasteiger charge is 2.28. The Morgan fingerprint density at radius 2 is 2.00 bits per heavy atom. The summed E-state index contributed by atoms with van der Waals surface area (Å²) >= 11 is 0. The van der Waals surface area contributed by atoms with Gasteiger partial charge in [0.1, 0.15) is 0 Å². The minimum Gasteiger partial charge on any atom is -0.481 e. The van der Waals surface area contributed by atoms with E-state index >= 15 is 0 Å². The normalized spacial score (nSPS) is 31.2. The molecule has 0 amide bonds. The van der Waals surface area contributed by atoms with E-state index < -0.39 is 5.97 Å². The van der Waals surface area contributed by atoms with E-state index in [1.165, 1.54) is 0 Å². The van der Waals surface area contributed by atoms with Gasteiger partial charge < -0.3 is 5.11 Å². The van der Waals surface area contributed by atoms with Gasteiger partial charge >= 0.3 is 5.97 Å². The summed E-state index contributed by atoms with van der Waals surface area (Å²) in [5.74, 6) is -0.357. The number of hydrogen-bond acceptors (Lipinski definition) is 1. The summed E-state index contributed by atoms with van der Waals surface area (Å²) in [4.78, 5) is 10.6. The summed E-state index contributed by atoms with van der Waals surface area (Å²) in [6, 6.07) is 0. The molecule has 0 bridgehead atoms. The van der Waals surface area contributed by atoms with Crippen LogP contribution in [0.3, 0.4) is 0 Å². The number of halogens is 1. The van der Waals surface area contributed by atoms with Crippen molar-refractivity contribution in [1.29, 1.82) is 0 Å². The quantitative estimate of drug-likeness (QED) is 0.738. The zero-order valence-corrected chi connectivity index (χ0v) is 8.00. The van der Waals surface area contributed by atoms with Crippen molar-refractivity contribution in [2.75, 3.05) is 6.67 Å². The first-order chi connectivity index (χ1) is 6.15. The van der Waals surface area contributed by atoms with E-state index in [1.54, 1.807) is 0 Å². The van der Waals surface area contributed by atoms with Gasteiger partial charge in [0.05, 0.1) is 12.6 Å². The zero-order chi connectivity index (χ0) is 9.84. The minimum atomic E-state index is -0.689. The molecule has 1 N–H and O–H groups in total. The van der Waals surface area contributed by atoms with Crippen molar-refractivity contribution in [3.8, 4) is 0 Å². The molecule has 1 atom stereocenters. The average molecular weight is 188 g/mol. The maximum Gasteiger partial charge on any atom is 0.306 e. The van der Waals surface area contributed by atoms with Crippen molar-refractivity contribution in [3.05, 3.63) is 0 Å². The molecule has 76 valence electrons. The van der Waals surface area contributed by atoms with Crippen LogP contribution < -0.4 is 0 Å². The van der Waals surface area contributed by atoms with Crippen molar-refractivity contribution in [1.82, 2.24) is 0 Å². The van der Waals surface area contributed by atoms with Gasteiger partial charge in [-0.05, 0) is 37.5 Å². The van der Waals surface area contributed by atoms with Gasteiger partial charge in [-0.3, -0.25) is 9.18 Å². The minimum absolute atomic E-state index is 0.106. The summed E-state index contributed by atoms with van der Waals surface area (Å²) in [6.07, 6.45) is 3.21. The van der Waals surface area contributed by atoms with Crippen LogP contribution in [-0.4, -0.2) is 17.8 Å². The summed E-state index contributed by atoms with van der Waals surface area (Å²) in [6.45, 7) is 1.63. The number of rotatable bonds is 3. The number of hydrogen-bond donors (Lipinski definition) is 1. The number of aliphatic carboxylic acids is 1. The molecule has 1 aliphatic carbocycles. The fourth-order valence-corrected chi connectivity index (χ4v) is 2.06. The third-order valence-electron chi connectivity index (χ3n) is 3.17. The fraction of sp³-hybridized carbons (Fsp3) is 0.900. The van der Waals surface area contributed by atoms with Crippen LogP contribution in [0.15, 0.2) is 0 Å². The standard InChI is InChI=1S/C10H17FO2/c1-7(6-11)8-2-4-9(5-3-8)10(12)13/h7-9H,2-6H2,1H3,(H,12,13). The number of carboxylic acid groups (broad SMARTS) is 1. The molecule has 1 saturated carbocycles. The van der Waals surface area contributed by atoms with Gasteiger partial charge in [-0.1, -0.05) is 6.92 Å². The molecular formula is C10H17FO2. The Balaban J connectivity index is 2.34. The molecule has 1 aliphatic rings. The van der Waals surface area contributed by atoms with E-state index in [-0.39, 0.29) is 18.5 Å². The van der Waals surface area contributed by atoms with Crippen LogP contribution in [0.4, 0.5) is 4.39 Å². The molecule has 0 spiro atoms. The first-order valence-electron chi connectivity index (χ1n) is 4.94. The monoisotopic (exact) mass is 188 g/mol. The first kappa shape index (κ1) is 10.5. The molecule has 0 aliphatic heterocycles. The summed E-state index contributed by atoms with van der Waals surface area (Å²) in [7, 11) is 0. The van der Waals surface area contributed by atoms with Crippen molar-refractivity contribution in [2.45, 2.75) is 32.6 Å². The van der Waals surface area contributed by atoms with E-state index in [2.05, 4.69) is 0 Å². The van der Waals surface area contributed by atoms with Crippen LogP contribution in [0, 0.1) is 17.8 Å². The molecule has 0 radical (unpaired) electrons. The van der Waals surface area contributed by atoms with Crippen LogP contribution >= 0.6 is 0 Å².